The second-order valence-corrected chi connectivity index (χ2v) is 7.27. The van der Waals surface area contributed by atoms with Crippen molar-refractivity contribution in [1.82, 2.24) is 4.90 Å². The lowest BCUT2D eigenvalue weighted by Crippen LogP contribution is -2.64. The van der Waals surface area contributed by atoms with Crippen molar-refractivity contribution < 1.29 is 14.2 Å². The molecular weight excluding hydrogens is 254 g/mol. The fourth-order valence-corrected chi connectivity index (χ4v) is 3.24. The maximum Gasteiger partial charge on any atom is 0.0704 e. The number of likely N-dealkylation sites (tertiary alicyclic amines) is 1. The van der Waals surface area contributed by atoms with Crippen LogP contribution in [0.5, 0.6) is 0 Å². The SMILES string of the molecule is CCOCCOC1CC2(C1)CN(CCOC(C)(C)C)C2. The fourth-order valence-electron chi connectivity index (χ4n) is 3.24. The zero-order valence-corrected chi connectivity index (χ0v) is 13.6. The number of hydrogen-bond acceptors (Lipinski definition) is 4. The number of nitrogens with zero attached hydrogens (tertiary/aromatic N) is 1. The van der Waals surface area contributed by atoms with Crippen LogP contribution >= 0.6 is 0 Å². The maximum atomic E-state index is 5.80. The van der Waals surface area contributed by atoms with Crippen LogP contribution in [0.4, 0.5) is 0 Å². The van der Waals surface area contributed by atoms with E-state index in [1.165, 1.54) is 25.9 Å². The zero-order chi connectivity index (χ0) is 14.6. The van der Waals surface area contributed by atoms with E-state index in [1.807, 2.05) is 6.92 Å². The van der Waals surface area contributed by atoms with Gasteiger partial charge in [-0.05, 0) is 40.5 Å². The molecule has 0 aromatic carbocycles. The molecular formula is C16H31NO3. The average molecular weight is 285 g/mol. The quantitative estimate of drug-likeness (QED) is 0.640. The molecule has 0 aromatic rings. The molecule has 1 aliphatic carbocycles. The van der Waals surface area contributed by atoms with Gasteiger partial charge in [0.1, 0.15) is 0 Å². The first-order valence-corrected chi connectivity index (χ1v) is 7.98. The topological polar surface area (TPSA) is 30.9 Å². The van der Waals surface area contributed by atoms with Gasteiger partial charge in [0.15, 0.2) is 0 Å². The lowest BCUT2D eigenvalue weighted by Gasteiger charge is -2.59. The second kappa shape index (κ2) is 6.73. The molecule has 1 heterocycles. The van der Waals surface area contributed by atoms with Crippen molar-refractivity contribution in [3.8, 4) is 0 Å². The first kappa shape index (κ1) is 16.2. The van der Waals surface area contributed by atoms with Crippen LogP contribution in [0, 0.1) is 5.41 Å². The van der Waals surface area contributed by atoms with Crippen molar-refractivity contribution in [3.63, 3.8) is 0 Å². The normalized spacial score (nSPS) is 22.8. The molecule has 2 rings (SSSR count). The predicted molar refractivity (Wildman–Crippen MR) is 80.0 cm³/mol. The van der Waals surface area contributed by atoms with Gasteiger partial charge in [-0.15, -0.1) is 0 Å². The molecule has 1 saturated carbocycles. The van der Waals surface area contributed by atoms with Crippen molar-refractivity contribution in [2.24, 2.45) is 5.41 Å². The lowest BCUT2D eigenvalue weighted by atomic mass is 9.62. The first-order chi connectivity index (χ1) is 9.42. The molecule has 4 heteroatoms. The number of ether oxygens (including phenoxy) is 3. The molecule has 0 N–H and O–H groups in total. The van der Waals surface area contributed by atoms with Gasteiger partial charge in [0, 0.05) is 31.7 Å². The van der Waals surface area contributed by atoms with E-state index < -0.39 is 0 Å². The largest absolute Gasteiger partial charge is 0.379 e. The molecule has 118 valence electrons. The van der Waals surface area contributed by atoms with E-state index in [0.29, 0.717) is 11.5 Å². The van der Waals surface area contributed by atoms with Crippen LogP contribution < -0.4 is 0 Å². The van der Waals surface area contributed by atoms with E-state index >= 15 is 0 Å². The Morgan fingerprint density at radius 2 is 1.80 bits per heavy atom. The zero-order valence-electron chi connectivity index (χ0n) is 13.6. The fraction of sp³-hybridized carbons (Fsp3) is 1.00. The monoisotopic (exact) mass is 285 g/mol. The summed E-state index contributed by atoms with van der Waals surface area (Å²) in [6.07, 6.45) is 2.94. The summed E-state index contributed by atoms with van der Waals surface area (Å²) in [6.45, 7) is 15.0. The third kappa shape index (κ3) is 4.69. The number of hydrogen-bond donors (Lipinski definition) is 0. The van der Waals surface area contributed by atoms with Crippen LogP contribution in [0.25, 0.3) is 0 Å². The molecule has 0 amide bonds. The highest BCUT2D eigenvalue weighted by molar-refractivity contribution is 5.04. The molecule has 2 fully saturated rings. The minimum Gasteiger partial charge on any atom is -0.379 e. The Labute approximate surface area is 123 Å². The van der Waals surface area contributed by atoms with Crippen molar-refractivity contribution in [2.75, 3.05) is 46.1 Å². The highest BCUT2D eigenvalue weighted by Crippen LogP contribution is 2.49. The Morgan fingerprint density at radius 3 is 2.40 bits per heavy atom. The Hall–Kier alpha value is -0.160. The summed E-state index contributed by atoms with van der Waals surface area (Å²) < 4.78 is 16.9. The molecule has 2 aliphatic rings. The summed E-state index contributed by atoms with van der Waals surface area (Å²) in [7, 11) is 0. The third-order valence-corrected chi connectivity index (χ3v) is 4.17. The van der Waals surface area contributed by atoms with Gasteiger partial charge in [-0.3, -0.25) is 4.90 Å². The van der Waals surface area contributed by atoms with E-state index in [2.05, 4.69) is 25.7 Å². The molecule has 0 aromatic heterocycles. The minimum atomic E-state index is -0.0154. The second-order valence-electron chi connectivity index (χ2n) is 7.27. The highest BCUT2D eigenvalue weighted by atomic mass is 16.5. The molecule has 0 radical (unpaired) electrons. The summed E-state index contributed by atoms with van der Waals surface area (Å²) in [4.78, 5) is 2.50. The highest BCUT2D eigenvalue weighted by Gasteiger charge is 2.52. The van der Waals surface area contributed by atoms with Gasteiger partial charge in [-0.1, -0.05) is 0 Å². The third-order valence-electron chi connectivity index (χ3n) is 4.17. The van der Waals surface area contributed by atoms with Crippen LogP contribution in [0.2, 0.25) is 0 Å². The Balaban J connectivity index is 1.48. The minimum absolute atomic E-state index is 0.0154. The predicted octanol–water partition coefficient (Wildman–Crippen LogP) is 2.32. The van der Waals surface area contributed by atoms with Gasteiger partial charge < -0.3 is 14.2 Å². The summed E-state index contributed by atoms with van der Waals surface area (Å²) in [6, 6.07) is 0. The molecule has 4 nitrogen and oxygen atoms in total. The van der Waals surface area contributed by atoms with Gasteiger partial charge in [0.2, 0.25) is 0 Å². The molecule has 0 unspecified atom stereocenters. The van der Waals surface area contributed by atoms with Crippen LogP contribution in [-0.4, -0.2) is 62.7 Å². The molecule has 20 heavy (non-hydrogen) atoms. The Morgan fingerprint density at radius 1 is 1.10 bits per heavy atom. The molecule has 1 aliphatic heterocycles. The van der Waals surface area contributed by atoms with E-state index in [-0.39, 0.29) is 5.60 Å². The van der Waals surface area contributed by atoms with Gasteiger partial charge in [0.05, 0.1) is 31.5 Å². The summed E-state index contributed by atoms with van der Waals surface area (Å²) in [5.41, 5.74) is 0.552. The standard InChI is InChI=1S/C16H31NO3/c1-5-18-8-9-19-14-10-16(11-14)12-17(13-16)6-7-20-15(2,3)4/h14H,5-13H2,1-4H3. The van der Waals surface area contributed by atoms with Gasteiger partial charge in [0.25, 0.3) is 0 Å². The van der Waals surface area contributed by atoms with Crippen molar-refractivity contribution in [1.29, 1.82) is 0 Å². The maximum absolute atomic E-state index is 5.80. The van der Waals surface area contributed by atoms with Gasteiger partial charge >= 0.3 is 0 Å². The summed E-state index contributed by atoms with van der Waals surface area (Å²) in [5, 5.41) is 0. The van der Waals surface area contributed by atoms with E-state index in [9.17, 15) is 0 Å². The summed E-state index contributed by atoms with van der Waals surface area (Å²) >= 11 is 0. The lowest BCUT2D eigenvalue weighted by molar-refractivity contribution is -0.160. The molecule has 0 bridgehead atoms. The van der Waals surface area contributed by atoms with E-state index in [0.717, 1.165) is 33.0 Å². The van der Waals surface area contributed by atoms with Crippen LogP contribution in [0.1, 0.15) is 40.5 Å². The van der Waals surface area contributed by atoms with E-state index in [4.69, 9.17) is 14.2 Å². The number of rotatable bonds is 8. The average Bonchev–Trinajstić information content (AvgIpc) is 2.25. The van der Waals surface area contributed by atoms with Crippen molar-refractivity contribution in [3.05, 3.63) is 0 Å². The molecule has 0 atom stereocenters. The van der Waals surface area contributed by atoms with Crippen LogP contribution in [0.15, 0.2) is 0 Å². The smallest absolute Gasteiger partial charge is 0.0704 e. The van der Waals surface area contributed by atoms with Gasteiger partial charge in [-0.2, -0.15) is 0 Å². The Kier molecular flexibility index (Phi) is 5.46. The van der Waals surface area contributed by atoms with E-state index in [1.54, 1.807) is 0 Å². The van der Waals surface area contributed by atoms with Gasteiger partial charge in [-0.25, -0.2) is 0 Å². The summed E-state index contributed by atoms with van der Waals surface area (Å²) in [5.74, 6) is 0. The molecule has 1 spiro atoms. The van der Waals surface area contributed by atoms with Crippen molar-refractivity contribution >= 4 is 0 Å². The Bertz CT molecular complexity index is 287. The first-order valence-electron chi connectivity index (χ1n) is 7.98. The molecule has 1 saturated heterocycles. The van der Waals surface area contributed by atoms with Crippen molar-refractivity contribution in [2.45, 2.75) is 52.2 Å². The van der Waals surface area contributed by atoms with Crippen LogP contribution in [0.3, 0.4) is 0 Å². The van der Waals surface area contributed by atoms with Crippen LogP contribution in [-0.2, 0) is 14.2 Å².